The molecular formula is C22H35N3O2. The molecule has 2 fully saturated rings. The smallest absolute Gasteiger partial charge is 0.416 e. The van der Waals surface area contributed by atoms with Gasteiger partial charge in [-0.2, -0.15) is 0 Å². The van der Waals surface area contributed by atoms with Crippen LogP contribution in [0.2, 0.25) is 0 Å². The Morgan fingerprint density at radius 1 is 1.26 bits per heavy atom. The number of rotatable bonds is 5. The second-order valence-electron chi connectivity index (χ2n) is 9.43. The fourth-order valence-corrected chi connectivity index (χ4v) is 3.87. The number of ether oxygens (including phenoxy) is 1. The number of pyridine rings is 1. The van der Waals surface area contributed by atoms with Crippen molar-refractivity contribution in [1.82, 2.24) is 9.88 Å². The van der Waals surface area contributed by atoms with Gasteiger partial charge >= 0.3 is 6.09 Å². The average molecular weight is 374 g/mol. The van der Waals surface area contributed by atoms with Gasteiger partial charge in [-0.1, -0.05) is 26.3 Å². The topological polar surface area (TPSA) is 45.7 Å². The molecule has 2 heterocycles. The molecule has 2 aliphatic rings. The van der Waals surface area contributed by atoms with Crippen LogP contribution >= 0.6 is 0 Å². The Bertz CT molecular complexity index is 632. The zero-order valence-electron chi connectivity index (χ0n) is 17.6. The van der Waals surface area contributed by atoms with Crippen LogP contribution in [0.5, 0.6) is 0 Å². The highest BCUT2D eigenvalue weighted by Gasteiger charge is 2.37. The van der Waals surface area contributed by atoms with E-state index in [2.05, 4.69) is 29.8 Å². The first-order chi connectivity index (χ1) is 12.7. The van der Waals surface area contributed by atoms with Gasteiger partial charge in [0, 0.05) is 24.8 Å². The number of nitrogens with zero attached hydrogens (tertiary/aromatic N) is 3. The monoisotopic (exact) mass is 373 g/mol. The maximum atomic E-state index is 12.7. The number of amides is 1. The average Bonchev–Trinajstić information content (AvgIpc) is 3.39. The maximum Gasteiger partial charge on any atom is 0.416 e. The van der Waals surface area contributed by atoms with Gasteiger partial charge in [-0.05, 0) is 70.5 Å². The lowest BCUT2D eigenvalue weighted by atomic mass is 9.95. The molecule has 1 atom stereocenters. The summed E-state index contributed by atoms with van der Waals surface area (Å²) in [5.41, 5.74) is 0.767. The third-order valence-corrected chi connectivity index (χ3v) is 5.12. The molecule has 0 radical (unpaired) electrons. The Balaban J connectivity index is 1.75. The van der Waals surface area contributed by atoms with Crippen LogP contribution in [-0.4, -0.2) is 40.7 Å². The van der Waals surface area contributed by atoms with E-state index < -0.39 is 5.60 Å². The van der Waals surface area contributed by atoms with Gasteiger partial charge in [-0.3, -0.25) is 9.80 Å². The van der Waals surface area contributed by atoms with Gasteiger partial charge < -0.3 is 4.74 Å². The van der Waals surface area contributed by atoms with E-state index in [1.165, 1.54) is 24.8 Å². The minimum Gasteiger partial charge on any atom is -0.443 e. The number of aromatic nitrogens is 1. The minimum atomic E-state index is -0.496. The number of anilines is 1. The highest BCUT2D eigenvalue weighted by molar-refractivity contribution is 5.88. The van der Waals surface area contributed by atoms with E-state index in [9.17, 15) is 4.79 Å². The molecule has 0 bridgehead atoms. The Hall–Kier alpha value is -1.62. The van der Waals surface area contributed by atoms with Gasteiger partial charge in [0.25, 0.3) is 0 Å². The van der Waals surface area contributed by atoms with Crippen molar-refractivity contribution < 1.29 is 9.53 Å². The number of hydrogen-bond acceptors (Lipinski definition) is 4. The fraction of sp³-hybridized carbons (Fsp3) is 0.727. The molecule has 5 heteroatoms. The van der Waals surface area contributed by atoms with Gasteiger partial charge in [0.2, 0.25) is 0 Å². The standard InChI is InChI=1S/C22H35N3O2/c1-16(2)15-24-13-7-6-8-19(24)17-9-12-20(23-14-17)25(18-10-11-18)21(26)27-22(3,4)5/h9,12,14,16,18-19H,6-8,10-11,13,15H2,1-5H3/t19-/m1/s1. The summed E-state index contributed by atoms with van der Waals surface area (Å²) in [5.74, 6) is 1.37. The predicted octanol–water partition coefficient (Wildman–Crippen LogP) is 5.17. The summed E-state index contributed by atoms with van der Waals surface area (Å²) in [7, 11) is 0. The van der Waals surface area contributed by atoms with Crippen molar-refractivity contribution in [3.05, 3.63) is 23.9 Å². The first-order valence-electron chi connectivity index (χ1n) is 10.5. The summed E-state index contributed by atoms with van der Waals surface area (Å²) in [6.07, 6.45) is 7.46. The van der Waals surface area contributed by atoms with E-state index in [-0.39, 0.29) is 12.1 Å². The molecule has 1 saturated heterocycles. The molecule has 27 heavy (non-hydrogen) atoms. The first kappa shape index (κ1) is 20.1. The van der Waals surface area contributed by atoms with Gasteiger partial charge in [0.1, 0.15) is 11.4 Å². The SMILES string of the molecule is CC(C)CN1CCCC[C@@H]1c1ccc(N(C(=O)OC(C)(C)C)C2CC2)nc1. The minimum absolute atomic E-state index is 0.227. The summed E-state index contributed by atoms with van der Waals surface area (Å²) >= 11 is 0. The van der Waals surface area contributed by atoms with E-state index >= 15 is 0 Å². The summed E-state index contributed by atoms with van der Waals surface area (Å²) in [6.45, 7) is 12.6. The van der Waals surface area contributed by atoms with Crippen molar-refractivity contribution in [3.63, 3.8) is 0 Å². The van der Waals surface area contributed by atoms with E-state index in [4.69, 9.17) is 4.74 Å². The molecule has 1 aromatic rings. The van der Waals surface area contributed by atoms with Crippen molar-refractivity contribution >= 4 is 11.9 Å². The second kappa shape index (κ2) is 8.17. The summed E-state index contributed by atoms with van der Waals surface area (Å²) in [5, 5.41) is 0. The third kappa shape index (κ3) is 5.44. The molecule has 0 unspecified atom stereocenters. The van der Waals surface area contributed by atoms with Gasteiger partial charge in [0.15, 0.2) is 0 Å². The first-order valence-corrected chi connectivity index (χ1v) is 10.5. The van der Waals surface area contributed by atoms with Crippen LogP contribution in [-0.2, 0) is 4.74 Å². The molecule has 1 saturated carbocycles. The number of carbonyl (C=O) groups excluding carboxylic acids is 1. The van der Waals surface area contributed by atoms with E-state index in [1.807, 2.05) is 33.0 Å². The number of piperidine rings is 1. The molecule has 3 rings (SSSR count). The van der Waals surface area contributed by atoms with Gasteiger partial charge in [0.05, 0.1) is 0 Å². The zero-order valence-corrected chi connectivity index (χ0v) is 17.6. The van der Waals surface area contributed by atoms with Crippen LogP contribution in [0.3, 0.4) is 0 Å². The Kier molecular flexibility index (Phi) is 6.09. The quantitative estimate of drug-likeness (QED) is 0.714. The van der Waals surface area contributed by atoms with Crippen molar-refractivity contribution in [1.29, 1.82) is 0 Å². The van der Waals surface area contributed by atoms with Gasteiger partial charge in [-0.25, -0.2) is 9.78 Å². The van der Waals surface area contributed by atoms with Gasteiger partial charge in [-0.15, -0.1) is 0 Å². The lowest BCUT2D eigenvalue weighted by Gasteiger charge is -2.37. The van der Waals surface area contributed by atoms with Crippen LogP contribution in [0.1, 0.15) is 78.3 Å². The highest BCUT2D eigenvalue weighted by Crippen LogP contribution is 2.35. The van der Waals surface area contributed by atoms with Crippen LogP contribution in [0.25, 0.3) is 0 Å². The molecular weight excluding hydrogens is 338 g/mol. The van der Waals surface area contributed by atoms with E-state index in [1.54, 1.807) is 4.90 Å². The third-order valence-electron chi connectivity index (χ3n) is 5.12. The lowest BCUT2D eigenvalue weighted by molar-refractivity contribution is 0.0576. The van der Waals surface area contributed by atoms with Crippen molar-refractivity contribution in [2.45, 2.75) is 84.4 Å². The van der Waals surface area contributed by atoms with Crippen LogP contribution in [0, 0.1) is 5.92 Å². The van der Waals surface area contributed by atoms with Crippen LogP contribution in [0.4, 0.5) is 10.6 Å². The molecule has 1 aliphatic carbocycles. The maximum absolute atomic E-state index is 12.7. The van der Waals surface area contributed by atoms with E-state index in [0.29, 0.717) is 17.8 Å². The van der Waals surface area contributed by atoms with E-state index in [0.717, 1.165) is 25.9 Å². The Labute approximate surface area is 164 Å². The highest BCUT2D eigenvalue weighted by atomic mass is 16.6. The molecule has 0 N–H and O–H groups in total. The fourth-order valence-electron chi connectivity index (χ4n) is 3.87. The van der Waals surface area contributed by atoms with Crippen molar-refractivity contribution in [2.75, 3.05) is 18.0 Å². The second-order valence-corrected chi connectivity index (χ2v) is 9.43. The number of hydrogen-bond donors (Lipinski definition) is 0. The van der Waals surface area contributed by atoms with Crippen molar-refractivity contribution in [3.8, 4) is 0 Å². The molecule has 5 nitrogen and oxygen atoms in total. The molecule has 0 spiro atoms. The Morgan fingerprint density at radius 3 is 2.56 bits per heavy atom. The molecule has 1 aliphatic heterocycles. The summed E-state index contributed by atoms with van der Waals surface area (Å²) in [4.78, 5) is 21.7. The summed E-state index contributed by atoms with van der Waals surface area (Å²) in [6, 6.07) is 4.83. The Morgan fingerprint density at radius 2 is 2.00 bits per heavy atom. The largest absolute Gasteiger partial charge is 0.443 e. The molecule has 150 valence electrons. The number of carbonyl (C=O) groups is 1. The van der Waals surface area contributed by atoms with Crippen LogP contribution in [0.15, 0.2) is 18.3 Å². The zero-order chi connectivity index (χ0) is 19.6. The molecule has 1 aromatic heterocycles. The predicted molar refractivity (Wildman–Crippen MR) is 109 cm³/mol. The molecule has 1 amide bonds. The number of likely N-dealkylation sites (tertiary alicyclic amines) is 1. The lowest BCUT2D eigenvalue weighted by Crippen LogP contribution is -2.39. The van der Waals surface area contributed by atoms with Crippen molar-refractivity contribution in [2.24, 2.45) is 5.92 Å². The van der Waals surface area contributed by atoms with Crippen LogP contribution < -0.4 is 4.90 Å². The molecule has 0 aromatic carbocycles. The summed E-state index contributed by atoms with van der Waals surface area (Å²) < 4.78 is 5.60. The normalized spacial score (nSPS) is 21.3.